The van der Waals surface area contributed by atoms with Crippen LogP contribution in [0, 0.1) is 6.92 Å². The number of hydrogen-bond donors (Lipinski definition) is 0. The van der Waals surface area contributed by atoms with Gasteiger partial charge in [0.25, 0.3) is 0 Å². The van der Waals surface area contributed by atoms with Crippen molar-refractivity contribution in [3.63, 3.8) is 0 Å². The van der Waals surface area contributed by atoms with Crippen LogP contribution in [0.2, 0.25) is 5.02 Å². The van der Waals surface area contributed by atoms with Gasteiger partial charge in [-0.25, -0.2) is 4.98 Å². The Balaban J connectivity index is 1.52. The van der Waals surface area contributed by atoms with Crippen LogP contribution in [-0.4, -0.2) is 37.8 Å². The van der Waals surface area contributed by atoms with Gasteiger partial charge in [-0.1, -0.05) is 35.1 Å². The van der Waals surface area contributed by atoms with Crippen LogP contribution in [0.25, 0.3) is 10.2 Å². The lowest BCUT2D eigenvalue weighted by atomic mass is 10.1. The fraction of sp³-hybridized carbons (Fsp3) is 0.350. The summed E-state index contributed by atoms with van der Waals surface area (Å²) in [7, 11) is 0. The van der Waals surface area contributed by atoms with Crippen LogP contribution in [0.1, 0.15) is 12.5 Å². The van der Waals surface area contributed by atoms with Crippen molar-refractivity contribution in [1.82, 2.24) is 4.98 Å². The van der Waals surface area contributed by atoms with E-state index < -0.39 is 0 Å². The molecule has 26 heavy (non-hydrogen) atoms. The van der Waals surface area contributed by atoms with Crippen molar-refractivity contribution in [2.24, 2.45) is 0 Å². The molecular weight excluding hydrogens is 366 g/mol. The van der Waals surface area contributed by atoms with Crippen LogP contribution in [0.3, 0.4) is 0 Å². The largest absolute Gasteiger partial charge is 0.492 e. The maximum absolute atomic E-state index is 6.19. The Morgan fingerprint density at radius 2 is 1.88 bits per heavy atom. The minimum Gasteiger partial charge on any atom is -0.492 e. The van der Waals surface area contributed by atoms with Gasteiger partial charge >= 0.3 is 0 Å². The van der Waals surface area contributed by atoms with Crippen molar-refractivity contribution >= 4 is 44.0 Å². The van der Waals surface area contributed by atoms with Gasteiger partial charge in [0.15, 0.2) is 5.13 Å². The first kappa shape index (κ1) is 17.4. The Morgan fingerprint density at radius 1 is 1.12 bits per heavy atom. The Morgan fingerprint density at radius 3 is 2.65 bits per heavy atom. The average Bonchev–Trinajstić information content (AvgIpc) is 3.09. The Kier molecular flexibility index (Phi) is 4.92. The highest BCUT2D eigenvalue weighted by atomic mass is 35.5. The van der Waals surface area contributed by atoms with Gasteiger partial charge in [0, 0.05) is 36.9 Å². The summed E-state index contributed by atoms with van der Waals surface area (Å²) in [5.74, 6) is 0.876. The number of nitrogens with zero attached hydrogens (tertiary/aromatic N) is 3. The van der Waals surface area contributed by atoms with E-state index in [0.717, 1.165) is 47.6 Å². The van der Waals surface area contributed by atoms with E-state index in [4.69, 9.17) is 21.3 Å². The van der Waals surface area contributed by atoms with Crippen LogP contribution in [0.5, 0.6) is 5.75 Å². The third-order valence-electron chi connectivity index (χ3n) is 4.73. The summed E-state index contributed by atoms with van der Waals surface area (Å²) in [6.07, 6.45) is 0. The quantitative estimate of drug-likeness (QED) is 0.631. The molecule has 0 spiro atoms. The number of halogens is 1. The van der Waals surface area contributed by atoms with Gasteiger partial charge in [0.2, 0.25) is 0 Å². The summed E-state index contributed by atoms with van der Waals surface area (Å²) in [6, 6.07) is 12.3. The van der Waals surface area contributed by atoms with E-state index in [-0.39, 0.29) is 0 Å². The molecule has 1 fully saturated rings. The van der Waals surface area contributed by atoms with Gasteiger partial charge in [-0.3, -0.25) is 0 Å². The van der Waals surface area contributed by atoms with Crippen molar-refractivity contribution in [1.29, 1.82) is 0 Å². The molecular formula is C20H22ClN3OS. The number of benzene rings is 2. The molecule has 1 saturated heterocycles. The molecule has 0 saturated carbocycles. The number of hydrogen-bond acceptors (Lipinski definition) is 5. The van der Waals surface area contributed by atoms with Gasteiger partial charge in [-0.05, 0) is 43.7 Å². The molecule has 0 aliphatic carbocycles. The molecule has 6 heteroatoms. The standard InChI is InChI=1S/C20H22ClN3OS/c1-3-25-17-5-4-6-18-19(17)22-20(26-18)24-11-9-23(10-12-24)16-13-15(21)8-7-14(16)2/h4-8,13H,3,9-12H2,1-2H3. The number of fused-ring (bicyclic) bond motifs is 1. The number of thiazole rings is 1. The summed E-state index contributed by atoms with van der Waals surface area (Å²) in [5, 5.41) is 1.87. The molecule has 3 aromatic rings. The molecule has 2 heterocycles. The van der Waals surface area contributed by atoms with Crippen LogP contribution in [0.15, 0.2) is 36.4 Å². The molecule has 136 valence electrons. The summed E-state index contributed by atoms with van der Waals surface area (Å²) < 4.78 is 6.90. The van der Waals surface area contributed by atoms with E-state index in [0.29, 0.717) is 6.61 Å². The first-order valence-corrected chi connectivity index (χ1v) is 10.1. The number of anilines is 2. The summed E-state index contributed by atoms with van der Waals surface area (Å²) >= 11 is 7.93. The minimum atomic E-state index is 0.656. The lowest BCUT2D eigenvalue weighted by molar-refractivity contribution is 0.344. The van der Waals surface area contributed by atoms with Crippen molar-refractivity contribution in [2.75, 3.05) is 42.6 Å². The van der Waals surface area contributed by atoms with Gasteiger partial charge in [0.05, 0.1) is 11.3 Å². The minimum absolute atomic E-state index is 0.656. The first-order chi connectivity index (χ1) is 12.7. The lowest BCUT2D eigenvalue weighted by Gasteiger charge is -2.36. The number of aromatic nitrogens is 1. The van der Waals surface area contributed by atoms with Crippen LogP contribution >= 0.6 is 22.9 Å². The number of ether oxygens (including phenoxy) is 1. The van der Waals surface area contributed by atoms with E-state index in [9.17, 15) is 0 Å². The van der Waals surface area contributed by atoms with Crippen LogP contribution in [0.4, 0.5) is 10.8 Å². The van der Waals surface area contributed by atoms with Crippen LogP contribution < -0.4 is 14.5 Å². The van der Waals surface area contributed by atoms with Crippen molar-refractivity contribution in [3.05, 3.63) is 47.0 Å². The number of aryl methyl sites for hydroxylation is 1. The van der Waals surface area contributed by atoms with E-state index in [2.05, 4.69) is 34.9 Å². The van der Waals surface area contributed by atoms with E-state index >= 15 is 0 Å². The third kappa shape index (κ3) is 3.33. The Hall–Kier alpha value is -1.98. The van der Waals surface area contributed by atoms with Gasteiger partial charge < -0.3 is 14.5 Å². The van der Waals surface area contributed by atoms with Gasteiger partial charge in [-0.15, -0.1) is 0 Å². The average molecular weight is 388 g/mol. The fourth-order valence-corrected chi connectivity index (χ4v) is 4.58. The van der Waals surface area contributed by atoms with E-state index in [1.54, 1.807) is 11.3 Å². The number of piperazine rings is 1. The molecule has 0 N–H and O–H groups in total. The zero-order valence-corrected chi connectivity index (χ0v) is 16.6. The SMILES string of the molecule is CCOc1cccc2sc(N3CCN(c4cc(Cl)ccc4C)CC3)nc12. The highest BCUT2D eigenvalue weighted by Crippen LogP contribution is 2.35. The normalized spacial score (nSPS) is 14.9. The molecule has 0 radical (unpaired) electrons. The van der Waals surface area contributed by atoms with Crippen molar-refractivity contribution in [2.45, 2.75) is 13.8 Å². The van der Waals surface area contributed by atoms with Crippen LogP contribution in [-0.2, 0) is 0 Å². The highest BCUT2D eigenvalue weighted by molar-refractivity contribution is 7.22. The second-order valence-corrected chi connectivity index (χ2v) is 7.88. The first-order valence-electron chi connectivity index (χ1n) is 8.94. The molecule has 4 nitrogen and oxygen atoms in total. The fourth-order valence-electron chi connectivity index (χ4n) is 3.38. The lowest BCUT2D eigenvalue weighted by Crippen LogP contribution is -2.46. The molecule has 4 rings (SSSR count). The zero-order valence-electron chi connectivity index (χ0n) is 15.0. The molecule has 1 aliphatic heterocycles. The monoisotopic (exact) mass is 387 g/mol. The zero-order chi connectivity index (χ0) is 18.1. The Labute approximate surface area is 163 Å². The maximum Gasteiger partial charge on any atom is 0.186 e. The van der Waals surface area contributed by atoms with E-state index in [1.165, 1.54) is 16.0 Å². The van der Waals surface area contributed by atoms with Crippen molar-refractivity contribution in [3.8, 4) is 5.75 Å². The topological polar surface area (TPSA) is 28.6 Å². The molecule has 0 unspecified atom stereocenters. The molecule has 0 bridgehead atoms. The Bertz CT molecular complexity index is 919. The van der Waals surface area contributed by atoms with Gasteiger partial charge in [0.1, 0.15) is 11.3 Å². The predicted octanol–water partition coefficient (Wildman–Crippen LogP) is 4.98. The summed E-state index contributed by atoms with van der Waals surface area (Å²) in [6.45, 7) is 8.64. The number of rotatable bonds is 4. The summed E-state index contributed by atoms with van der Waals surface area (Å²) in [4.78, 5) is 9.65. The third-order valence-corrected chi connectivity index (χ3v) is 6.05. The predicted molar refractivity (Wildman–Crippen MR) is 111 cm³/mol. The molecule has 0 atom stereocenters. The molecule has 1 aromatic heterocycles. The maximum atomic E-state index is 6.19. The molecule has 0 amide bonds. The smallest absolute Gasteiger partial charge is 0.186 e. The second kappa shape index (κ2) is 7.33. The van der Waals surface area contributed by atoms with E-state index in [1.807, 2.05) is 25.1 Å². The molecule has 2 aromatic carbocycles. The second-order valence-electron chi connectivity index (χ2n) is 6.44. The van der Waals surface area contributed by atoms with Gasteiger partial charge in [-0.2, -0.15) is 0 Å². The van der Waals surface area contributed by atoms with Crippen molar-refractivity contribution < 1.29 is 4.74 Å². The highest BCUT2D eigenvalue weighted by Gasteiger charge is 2.22. The summed E-state index contributed by atoms with van der Waals surface area (Å²) in [5.41, 5.74) is 3.48. The molecule has 1 aliphatic rings. The number of para-hydroxylation sites is 1.